The van der Waals surface area contributed by atoms with E-state index in [-0.39, 0.29) is 5.41 Å². The molecule has 2 rings (SSSR count). The second kappa shape index (κ2) is 4.26. The summed E-state index contributed by atoms with van der Waals surface area (Å²) in [4.78, 5) is 0. The van der Waals surface area contributed by atoms with Crippen LogP contribution < -0.4 is 5.32 Å². The van der Waals surface area contributed by atoms with Crippen LogP contribution in [-0.2, 0) is 13.6 Å². The molecule has 86 valence electrons. The second-order valence-electron chi connectivity index (χ2n) is 4.85. The Labute approximate surface area is 96.3 Å². The average molecular weight is 218 g/mol. The van der Waals surface area contributed by atoms with Gasteiger partial charge in [0, 0.05) is 38.3 Å². The number of rotatable bonds is 5. The zero-order valence-corrected chi connectivity index (χ0v) is 9.95. The Hall–Kier alpha value is -1.34. The fraction of sp³-hybridized carbons (Fsp3) is 0.667. The highest BCUT2D eigenvalue weighted by Crippen LogP contribution is 2.47. The highest BCUT2D eigenvalue weighted by atomic mass is 15.2. The molecule has 0 spiro atoms. The van der Waals surface area contributed by atoms with Gasteiger partial charge in [0.1, 0.15) is 0 Å². The van der Waals surface area contributed by atoms with Gasteiger partial charge in [-0.05, 0) is 25.2 Å². The van der Waals surface area contributed by atoms with Crippen molar-refractivity contribution >= 4 is 0 Å². The molecule has 0 aromatic carbocycles. The van der Waals surface area contributed by atoms with Gasteiger partial charge in [-0.3, -0.25) is 4.68 Å². The van der Waals surface area contributed by atoms with Crippen LogP contribution in [0.15, 0.2) is 6.20 Å². The third kappa shape index (κ3) is 2.42. The largest absolute Gasteiger partial charge is 0.312 e. The maximum Gasteiger partial charge on any atom is 0.0638 e. The number of hydrogen-bond acceptors (Lipinski definition) is 3. The van der Waals surface area contributed by atoms with Crippen molar-refractivity contribution < 1.29 is 0 Å². The fourth-order valence-corrected chi connectivity index (χ4v) is 2.05. The van der Waals surface area contributed by atoms with E-state index < -0.39 is 0 Å². The predicted molar refractivity (Wildman–Crippen MR) is 61.5 cm³/mol. The molecule has 1 heterocycles. The quantitative estimate of drug-likeness (QED) is 0.815. The SMILES string of the molecule is Cc1nn(C)cc1CNCC1(CC#N)CC1. The number of nitrogens with zero attached hydrogens (tertiary/aromatic N) is 3. The van der Waals surface area contributed by atoms with E-state index in [1.807, 2.05) is 24.9 Å². The molecule has 4 nitrogen and oxygen atoms in total. The molecular weight excluding hydrogens is 200 g/mol. The minimum atomic E-state index is 0.283. The summed E-state index contributed by atoms with van der Waals surface area (Å²) in [7, 11) is 1.94. The Morgan fingerprint density at radius 1 is 1.62 bits per heavy atom. The van der Waals surface area contributed by atoms with E-state index in [0.29, 0.717) is 6.42 Å². The van der Waals surface area contributed by atoms with Crippen LogP contribution in [0.2, 0.25) is 0 Å². The molecular formula is C12H18N4. The first-order valence-electron chi connectivity index (χ1n) is 5.72. The number of nitrogens with one attached hydrogen (secondary N) is 1. The lowest BCUT2D eigenvalue weighted by molar-refractivity contribution is 0.466. The summed E-state index contributed by atoms with van der Waals surface area (Å²) in [5.74, 6) is 0. The topological polar surface area (TPSA) is 53.6 Å². The molecule has 1 aliphatic carbocycles. The van der Waals surface area contributed by atoms with Crippen LogP contribution >= 0.6 is 0 Å². The van der Waals surface area contributed by atoms with E-state index >= 15 is 0 Å². The second-order valence-corrected chi connectivity index (χ2v) is 4.85. The van der Waals surface area contributed by atoms with Crippen molar-refractivity contribution in [3.05, 3.63) is 17.5 Å². The lowest BCUT2D eigenvalue weighted by atomic mass is 10.0. The van der Waals surface area contributed by atoms with Crippen molar-refractivity contribution in [2.75, 3.05) is 6.54 Å². The van der Waals surface area contributed by atoms with Gasteiger partial charge in [0.25, 0.3) is 0 Å². The molecule has 0 atom stereocenters. The summed E-state index contributed by atoms with van der Waals surface area (Å²) in [6.45, 7) is 3.83. The van der Waals surface area contributed by atoms with Gasteiger partial charge in [-0.2, -0.15) is 10.4 Å². The van der Waals surface area contributed by atoms with Crippen LogP contribution in [0.1, 0.15) is 30.5 Å². The van der Waals surface area contributed by atoms with E-state index in [9.17, 15) is 0 Å². The summed E-state index contributed by atoms with van der Waals surface area (Å²) in [6, 6.07) is 2.28. The highest BCUT2D eigenvalue weighted by molar-refractivity contribution is 5.15. The lowest BCUT2D eigenvalue weighted by Gasteiger charge is -2.11. The lowest BCUT2D eigenvalue weighted by Crippen LogP contribution is -2.23. The predicted octanol–water partition coefficient (Wildman–Crippen LogP) is 1.51. The van der Waals surface area contributed by atoms with E-state index in [1.165, 1.54) is 18.4 Å². The molecule has 0 aliphatic heterocycles. The Morgan fingerprint density at radius 2 is 2.38 bits per heavy atom. The van der Waals surface area contributed by atoms with Crippen LogP contribution in [0.3, 0.4) is 0 Å². The first-order valence-corrected chi connectivity index (χ1v) is 5.72. The normalized spacial score (nSPS) is 17.1. The maximum absolute atomic E-state index is 8.71. The van der Waals surface area contributed by atoms with Gasteiger partial charge < -0.3 is 5.32 Å². The summed E-state index contributed by atoms with van der Waals surface area (Å²) >= 11 is 0. The molecule has 0 amide bonds. The molecule has 0 unspecified atom stereocenters. The van der Waals surface area contributed by atoms with E-state index in [4.69, 9.17) is 5.26 Å². The minimum absolute atomic E-state index is 0.283. The smallest absolute Gasteiger partial charge is 0.0638 e. The van der Waals surface area contributed by atoms with Gasteiger partial charge in [0.05, 0.1) is 11.8 Å². The van der Waals surface area contributed by atoms with Gasteiger partial charge in [0.15, 0.2) is 0 Å². The van der Waals surface area contributed by atoms with Crippen LogP contribution in [0, 0.1) is 23.7 Å². The van der Waals surface area contributed by atoms with Gasteiger partial charge in [-0.25, -0.2) is 0 Å². The van der Waals surface area contributed by atoms with Crippen molar-refractivity contribution in [1.29, 1.82) is 5.26 Å². The monoisotopic (exact) mass is 218 g/mol. The van der Waals surface area contributed by atoms with E-state index in [2.05, 4.69) is 16.5 Å². The zero-order chi connectivity index (χ0) is 11.6. The number of nitriles is 1. The molecule has 4 heteroatoms. The molecule has 1 aromatic heterocycles. The van der Waals surface area contributed by atoms with Crippen LogP contribution in [0.4, 0.5) is 0 Å². The van der Waals surface area contributed by atoms with Gasteiger partial charge >= 0.3 is 0 Å². The van der Waals surface area contributed by atoms with Crippen LogP contribution in [-0.4, -0.2) is 16.3 Å². The molecule has 0 bridgehead atoms. The zero-order valence-electron chi connectivity index (χ0n) is 9.95. The fourth-order valence-electron chi connectivity index (χ4n) is 2.05. The average Bonchev–Trinajstić information content (AvgIpc) is 2.89. The van der Waals surface area contributed by atoms with Gasteiger partial charge in [0.2, 0.25) is 0 Å². The summed E-state index contributed by atoms with van der Waals surface area (Å²) < 4.78 is 1.84. The van der Waals surface area contributed by atoms with E-state index in [1.54, 1.807) is 0 Å². The molecule has 1 saturated carbocycles. The number of aromatic nitrogens is 2. The molecule has 0 radical (unpaired) electrons. The van der Waals surface area contributed by atoms with Crippen molar-refractivity contribution in [1.82, 2.24) is 15.1 Å². The van der Waals surface area contributed by atoms with Gasteiger partial charge in [-0.15, -0.1) is 0 Å². The third-order valence-corrected chi connectivity index (χ3v) is 3.34. The van der Waals surface area contributed by atoms with E-state index in [0.717, 1.165) is 18.8 Å². The summed E-state index contributed by atoms with van der Waals surface area (Å²) in [5, 5.41) is 16.5. The third-order valence-electron chi connectivity index (χ3n) is 3.34. The standard InChI is InChI=1S/C12H18N4/c1-10-11(8-16(2)15-10)7-14-9-12(3-4-12)5-6-13/h8,14H,3-5,7,9H2,1-2H3. The van der Waals surface area contributed by atoms with Crippen molar-refractivity contribution in [3.8, 4) is 6.07 Å². The van der Waals surface area contributed by atoms with Crippen LogP contribution in [0.25, 0.3) is 0 Å². The van der Waals surface area contributed by atoms with Crippen LogP contribution in [0.5, 0.6) is 0 Å². The Bertz CT molecular complexity index is 409. The number of aryl methyl sites for hydroxylation is 2. The molecule has 1 N–H and O–H groups in total. The maximum atomic E-state index is 8.71. The van der Waals surface area contributed by atoms with Crippen molar-refractivity contribution in [2.45, 2.75) is 32.7 Å². The van der Waals surface area contributed by atoms with Crippen molar-refractivity contribution in [3.63, 3.8) is 0 Å². The highest BCUT2D eigenvalue weighted by Gasteiger charge is 2.41. The molecule has 1 fully saturated rings. The molecule has 1 aromatic rings. The molecule has 16 heavy (non-hydrogen) atoms. The first-order chi connectivity index (χ1) is 7.65. The Morgan fingerprint density at radius 3 is 2.88 bits per heavy atom. The Kier molecular flexibility index (Phi) is 2.97. The Balaban J connectivity index is 1.81. The van der Waals surface area contributed by atoms with Crippen molar-refractivity contribution in [2.24, 2.45) is 12.5 Å². The molecule has 1 aliphatic rings. The number of hydrogen-bond donors (Lipinski definition) is 1. The summed E-state index contributed by atoms with van der Waals surface area (Å²) in [5.41, 5.74) is 2.61. The summed E-state index contributed by atoms with van der Waals surface area (Å²) in [6.07, 6.45) is 5.12. The first kappa shape index (κ1) is 11.2. The minimum Gasteiger partial charge on any atom is -0.312 e. The van der Waals surface area contributed by atoms with Gasteiger partial charge in [-0.1, -0.05) is 0 Å². The molecule has 0 saturated heterocycles.